The van der Waals surface area contributed by atoms with E-state index < -0.39 is 0 Å². The minimum absolute atomic E-state index is 0.0185. The maximum absolute atomic E-state index is 10.1. The summed E-state index contributed by atoms with van der Waals surface area (Å²) in [6, 6.07) is 0. The number of ketones is 1. The molecule has 0 saturated heterocycles. The molecular formula is C9H14O3. The first-order valence-corrected chi connectivity index (χ1v) is 3.42. The summed E-state index contributed by atoms with van der Waals surface area (Å²) >= 11 is 0. The zero-order valence-corrected chi connectivity index (χ0v) is 7.66. The van der Waals surface area contributed by atoms with Gasteiger partial charge in [0, 0.05) is 6.08 Å². The molecule has 3 heteroatoms. The van der Waals surface area contributed by atoms with Gasteiger partial charge in [-0.3, -0.25) is 4.79 Å². The molecule has 0 aromatic carbocycles. The maximum Gasteiger partial charge on any atom is 0.330 e. The lowest BCUT2D eigenvalue weighted by Crippen LogP contribution is -1.92. The van der Waals surface area contributed by atoms with Gasteiger partial charge in [0.1, 0.15) is 0 Å². The smallest absolute Gasteiger partial charge is 0.330 e. The molecule has 0 spiro atoms. The largest absolute Gasteiger partial charge is 0.466 e. The van der Waals surface area contributed by atoms with Gasteiger partial charge in [-0.05, 0) is 19.9 Å². The maximum atomic E-state index is 10.1. The summed E-state index contributed by atoms with van der Waals surface area (Å²) in [5.41, 5.74) is 0. The molecule has 0 aliphatic carbocycles. The van der Waals surface area contributed by atoms with Crippen molar-refractivity contribution in [1.29, 1.82) is 0 Å². The lowest BCUT2D eigenvalue weighted by atomic mass is 10.5. The van der Waals surface area contributed by atoms with Gasteiger partial charge in [0.25, 0.3) is 0 Å². The highest BCUT2D eigenvalue weighted by Crippen LogP contribution is 1.73. The predicted molar refractivity (Wildman–Crippen MR) is 47.7 cm³/mol. The van der Waals surface area contributed by atoms with E-state index in [1.807, 2.05) is 0 Å². The van der Waals surface area contributed by atoms with Gasteiger partial charge in [-0.25, -0.2) is 4.79 Å². The fourth-order valence-electron chi connectivity index (χ4n) is 0.204. The molecule has 0 atom stereocenters. The number of hydrogen-bond acceptors (Lipinski definition) is 3. The van der Waals surface area contributed by atoms with Crippen LogP contribution in [0.3, 0.4) is 0 Å². The number of allylic oxidation sites excluding steroid dienone is 2. The van der Waals surface area contributed by atoms with E-state index in [9.17, 15) is 9.59 Å². The lowest BCUT2D eigenvalue weighted by Gasteiger charge is -1.84. The van der Waals surface area contributed by atoms with Gasteiger partial charge in [-0.15, -0.1) is 0 Å². The summed E-state index contributed by atoms with van der Waals surface area (Å²) in [4.78, 5) is 19.8. The highest BCUT2D eigenvalue weighted by Gasteiger charge is 1.84. The van der Waals surface area contributed by atoms with E-state index in [0.29, 0.717) is 0 Å². The Balaban J connectivity index is 0. The number of esters is 1. The van der Waals surface area contributed by atoms with E-state index in [4.69, 9.17) is 0 Å². The van der Waals surface area contributed by atoms with E-state index in [1.165, 1.54) is 26.2 Å². The van der Waals surface area contributed by atoms with Crippen LogP contribution in [0.1, 0.15) is 13.8 Å². The first kappa shape index (κ1) is 13.2. The molecule has 0 rings (SSSR count). The van der Waals surface area contributed by atoms with E-state index in [1.54, 1.807) is 13.0 Å². The van der Waals surface area contributed by atoms with Gasteiger partial charge in [0.05, 0.1) is 7.11 Å². The Morgan fingerprint density at radius 3 is 1.92 bits per heavy atom. The molecule has 0 heterocycles. The molecule has 0 radical (unpaired) electrons. The molecule has 0 unspecified atom stereocenters. The van der Waals surface area contributed by atoms with Crippen LogP contribution in [0.2, 0.25) is 0 Å². The van der Waals surface area contributed by atoms with E-state index in [-0.39, 0.29) is 11.8 Å². The lowest BCUT2D eigenvalue weighted by molar-refractivity contribution is -0.134. The molecular weight excluding hydrogens is 156 g/mol. The molecule has 0 amide bonds. The van der Waals surface area contributed by atoms with Gasteiger partial charge in [0.2, 0.25) is 0 Å². The van der Waals surface area contributed by atoms with Gasteiger partial charge in [0.15, 0.2) is 5.78 Å². The fraction of sp³-hybridized carbons (Fsp3) is 0.333. The fourth-order valence-corrected chi connectivity index (χ4v) is 0.204. The summed E-state index contributed by atoms with van der Waals surface area (Å²) in [6.45, 7) is 6.44. The molecule has 3 nitrogen and oxygen atoms in total. The highest BCUT2D eigenvalue weighted by molar-refractivity contribution is 5.86. The van der Waals surface area contributed by atoms with Crippen molar-refractivity contribution in [2.75, 3.05) is 7.11 Å². The Bertz CT molecular complexity index is 180. The highest BCUT2D eigenvalue weighted by atomic mass is 16.5. The van der Waals surface area contributed by atoms with Crippen LogP contribution in [-0.2, 0) is 14.3 Å². The van der Waals surface area contributed by atoms with Crippen molar-refractivity contribution < 1.29 is 14.3 Å². The van der Waals surface area contributed by atoms with Crippen molar-refractivity contribution in [3.05, 3.63) is 24.8 Å². The minimum atomic E-state index is -0.303. The van der Waals surface area contributed by atoms with Gasteiger partial charge in [-0.1, -0.05) is 12.7 Å². The van der Waals surface area contributed by atoms with Crippen LogP contribution in [0.15, 0.2) is 24.8 Å². The molecule has 68 valence electrons. The Kier molecular flexibility index (Phi) is 10.6. The van der Waals surface area contributed by atoms with Crippen LogP contribution < -0.4 is 0 Å². The predicted octanol–water partition coefficient (Wildman–Crippen LogP) is 1.50. The van der Waals surface area contributed by atoms with Crippen LogP contribution in [0.4, 0.5) is 0 Å². The van der Waals surface area contributed by atoms with E-state index in [0.717, 1.165) is 0 Å². The molecule has 0 aromatic heterocycles. The number of hydrogen-bond donors (Lipinski definition) is 0. The Morgan fingerprint density at radius 2 is 1.83 bits per heavy atom. The van der Waals surface area contributed by atoms with Crippen LogP contribution in [-0.4, -0.2) is 18.9 Å². The van der Waals surface area contributed by atoms with Crippen molar-refractivity contribution in [3.63, 3.8) is 0 Å². The number of rotatable bonds is 2. The van der Waals surface area contributed by atoms with Crippen LogP contribution in [0.5, 0.6) is 0 Å². The molecule has 0 N–H and O–H groups in total. The van der Waals surface area contributed by atoms with Crippen molar-refractivity contribution in [1.82, 2.24) is 0 Å². The van der Waals surface area contributed by atoms with Crippen molar-refractivity contribution >= 4 is 11.8 Å². The summed E-state index contributed by atoms with van der Waals surface area (Å²) < 4.78 is 4.26. The van der Waals surface area contributed by atoms with Crippen LogP contribution in [0, 0.1) is 0 Å². The monoisotopic (exact) mass is 170 g/mol. The van der Waals surface area contributed by atoms with Crippen molar-refractivity contribution in [3.8, 4) is 0 Å². The number of methoxy groups -OCH3 is 1. The summed E-state index contributed by atoms with van der Waals surface area (Å²) in [6.07, 6.45) is 4.27. The minimum Gasteiger partial charge on any atom is -0.466 e. The third-order valence-corrected chi connectivity index (χ3v) is 0.791. The number of carbonyl (C=O) groups excluding carboxylic acids is 2. The van der Waals surface area contributed by atoms with E-state index in [2.05, 4.69) is 11.3 Å². The SMILES string of the molecule is C/C=C/C(=O)OC.C=CC(C)=O. The van der Waals surface area contributed by atoms with Crippen LogP contribution >= 0.6 is 0 Å². The van der Waals surface area contributed by atoms with E-state index >= 15 is 0 Å². The van der Waals surface area contributed by atoms with Crippen molar-refractivity contribution in [2.24, 2.45) is 0 Å². The quantitative estimate of drug-likeness (QED) is 0.466. The number of carbonyl (C=O) groups is 2. The molecule has 0 aliphatic heterocycles. The molecule has 12 heavy (non-hydrogen) atoms. The number of ether oxygens (including phenoxy) is 1. The molecule has 0 aliphatic rings. The van der Waals surface area contributed by atoms with Gasteiger partial charge < -0.3 is 4.74 Å². The summed E-state index contributed by atoms with van der Waals surface area (Å²) in [5.74, 6) is -0.285. The zero-order chi connectivity index (χ0) is 9.98. The second kappa shape index (κ2) is 9.62. The Hall–Kier alpha value is -1.38. The first-order valence-electron chi connectivity index (χ1n) is 3.42. The third-order valence-electron chi connectivity index (χ3n) is 0.791. The average Bonchev–Trinajstić information content (AvgIpc) is 2.06. The zero-order valence-electron chi connectivity index (χ0n) is 7.66. The normalized spacial score (nSPS) is 8.25. The second-order valence-electron chi connectivity index (χ2n) is 1.84. The second-order valence-corrected chi connectivity index (χ2v) is 1.84. The first-order chi connectivity index (χ1) is 5.58. The van der Waals surface area contributed by atoms with Gasteiger partial charge in [-0.2, -0.15) is 0 Å². The molecule has 0 aromatic rings. The molecule has 0 fully saturated rings. The standard InChI is InChI=1S/C5H8O2.C4H6O/c1-3-4-5(6)7-2;1-3-4(2)5/h3-4H,1-2H3;3H,1H2,2H3/b4-3+;. The Labute approximate surface area is 72.7 Å². The van der Waals surface area contributed by atoms with Crippen LogP contribution in [0.25, 0.3) is 0 Å². The molecule has 0 bridgehead atoms. The average molecular weight is 170 g/mol. The summed E-state index contributed by atoms with van der Waals surface area (Å²) in [5, 5.41) is 0. The third kappa shape index (κ3) is 15.8. The topological polar surface area (TPSA) is 43.4 Å². The Morgan fingerprint density at radius 1 is 1.42 bits per heavy atom. The van der Waals surface area contributed by atoms with Crippen molar-refractivity contribution in [2.45, 2.75) is 13.8 Å². The van der Waals surface area contributed by atoms with Gasteiger partial charge >= 0.3 is 5.97 Å². The molecule has 0 saturated carbocycles. The summed E-state index contributed by atoms with van der Waals surface area (Å²) in [7, 11) is 1.35.